The molecule has 1 aliphatic heterocycles. The molecular weight excluding hydrogens is 244 g/mol. The van der Waals surface area contributed by atoms with E-state index in [4.69, 9.17) is 9.47 Å². The van der Waals surface area contributed by atoms with E-state index in [0.29, 0.717) is 26.3 Å². The second-order valence-corrected chi connectivity index (χ2v) is 4.72. The fraction of sp³-hybridized carbons (Fsp3) is 0.571. The van der Waals surface area contributed by atoms with Gasteiger partial charge in [-0.3, -0.25) is 9.78 Å². The average molecular weight is 264 g/mol. The first-order chi connectivity index (χ1) is 9.22. The zero-order valence-corrected chi connectivity index (χ0v) is 11.5. The molecule has 1 aromatic heterocycles. The molecule has 1 saturated heterocycles. The summed E-state index contributed by atoms with van der Waals surface area (Å²) in [7, 11) is 1.67. The van der Waals surface area contributed by atoms with Gasteiger partial charge in [-0.05, 0) is 25.0 Å². The summed E-state index contributed by atoms with van der Waals surface area (Å²) in [5, 5.41) is 0. The van der Waals surface area contributed by atoms with Crippen molar-refractivity contribution in [1.29, 1.82) is 0 Å². The third kappa shape index (κ3) is 3.52. The smallest absolute Gasteiger partial charge is 0.254 e. The summed E-state index contributed by atoms with van der Waals surface area (Å²) in [6.07, 6.45) is 4.26. The standard InChI is InChI=1S/C14H20N2O3/c1-11-9-15-5-3-13(11)14(17)16-6-8-19-12(10-16)4-7-18-2/h3,5,9,12H,4,6-8,10H2,1-2H3/t12-/m1/s1. The number of hydrogen-bond donors (Lipinski definition) is 0. The van der Waals surface area contributed by atoms with Crippen LogP contribution in [0.25, 0.3) is 0 Å². The maximum Gasteiger partial charge on any atom is 0.254 e. The molecule has 1 atom stereocenters. The van der Waals surface area contributed by atoms with E-state index >= 15 is 0 Å². The number of hydrogen-bond acceptors (Lipinski definition) is 4. The van der Waals surface area contributed by atoms with Crippen LogP contribution in [-0.2, 0) is 9.47 Å². The van der Waals surface area contributed by atoms with E-state index < -0.39 is 0 Å². The van der Waals surface area contributed by atoms with Crippen LogP contribution in [-0.4, -0.2) is 55.3 Å². The Balaban J connectivity index is 2.01. The van der Waals surface area contributed by atoms with Gasteiger partial charge in [0.15, 0.2) is 0 Å². The average Bonchev–Trinajstić information content (AvgIpc) is 2.45. The lowest BCUT2D eigenvalue weighted by Gasteiger charge is -2.33. The van der Waals surface area contributed by atoms with Gasteiger partial charge in [0.25, 0.3) is 5.91 Å². The van der Waals surface area contributed by atoms with Crippen LogP contribution < -0.4 is 0 Å². The van der Waals surface area contributed by atoms with Gasteiger partial charge in [0.2, 0.25) is 0 Å². The lowest BCUT2D eigenvalue weighted by Crippen LogP contribution is -2.46. The highest BCUT2D eigenvalue weighted by Gasteiger charge is 2.25. The molecule has 0 saturated carbocycles. The number of nitrogens with zero attached hydrogens (tertiary/aromatic N) is 2. The second-order valence-electron chi connectivity index (χ2n) is 4.72. The molecule has 104 valence electrons. The number of aromatic nitrogens is 1. The van der Waals surface area contributed by atoms with Crippen molar-refractivity contribution in [2.24, 2.45) is 0 Å². The van der Waals surface area contributed by atoms with E-state index in [9.17, 15) is 4.79 Å². The van der Waals surface area contributed by atoms with E-state index in [-0.39, 0.29) is 12.0 Å². The van der Waals surface area contributed by atoms with Gasteiger partial charge in [0.05, 0.1) is 12.7 Å². The number of methoxy groups -OCH3 is 1. The van der Waals surface area contributed by atoms with Crippen LogP contribution >= 0.6 is 0 Å². The Morgan fingerprint density at radius 1 is 1.63 bits per heavy atom. The van der Waals surface area contributed by atoms with E-state index in [1.165, 1.54) is 0 Å². The van der Waals surface area contributed by atoms with Gasteiger partial charge < -0.3 is 14.4 Å². The Kier molecular flexibility index (Phi) is 4.87. The van der Waals surface area contributed by atoms with Gasteiger partial charge in [-0.1, -0.05) is 0 Å². The van der Waals surface area contributed by atoms with Gasteiger partial charge >= 0.3 is 0 Å². The summed E-state index contributed by atoms with van der Waals surface area (Å²) in [6.45, 7) is 4.42. The lowest BCUT2D eigenvalue weighted by atomic mass is 10.1. The number of pyridine rings is 1. The highest BCUT2D eigenvalue weighted by Crippen LogP contribution is 2.14. The number of carbonyl (C=O) groups excluding carboxylic acids is 1. The summed E-state index contributed by atoms with van der Waals surface area (Å²) in [6, 6.07) is 1.78. The topological polar surface area (TPSA) is 51.7 Å². The van der Waals surface area contributed by atoms with E-state index in [2.05, 4.69) is 4.98 Å². The van der Waals surface area contributed by atoms with Gasteiger partial charge in [-0.25, -0.2) is 0 Å². The Hall–Kier alpha value is -1.46. The highest BCUT2D eigenvalue weighted by atomic mass is 16.5. The maximum atomic E-state index is 12.5. The van der Waals surface area contributed by atoms with Crippen molar-refractivity contribution in [3.63, 3.8) is 0 Å². The largest absolute Gasteiger partial charge is 0.385 e. The minimum Gasteiger partial charge on any atom is -0.385 e. The number of carbonyl (C=O) groups is 1. The summed E-state index contributed by atoms with van der Waals surface area (Å²) in [5.41, 5.74) is 1.63. The summed E-state index contributed by atoms with van der Waals surface area (Å²) in [4.78, 5) is 18.3. The van der Waals surface area contributed by atoms with Gasteiger partial charge in [-0.2, -0.15) is 0 Å². The van der Waals surface area contributed by atoms with E-state index in [0.717, 1.165) is 17.5 Å². The Labute approximate surface area is 113 Å². The number of amides is 1. The molecule has 0 aromatic carbocycles. The Morgan fingerprint density at radius 2 is 2.47 bits per heavy atom. The minimum atomic E-state index is 0.0608. The molecule has 1 fully saturated rings. The number of ether oxygens (including phenoxy) is 2. The molecule has 0 unspecified atom stereocenters. The van der Waals surface area contributed by atoms with Crippen molar-refractivity contribution in [1.82, 2.24) is 9.88 Å². The zero-order valence-electron chi connectivity index (χ0n) is 11.5. The van der Waals surface area contributed by atoms with Crippen LogP contribution in [0.15, 0.2) is 18.5 Å². The van der Waals surface area contributed by atoms with Gasteiger partial charge in [0.1, 0.15) is 0 Å². The molecule has 0 aliphatic carbocycles. The van der Waals surface area contributed by atoms with E-state index in [1.54, 1.807) is 25.6 Å². The fourth-order valence-corrected chi connectivity index (χ4v) is 2.21. The molecule has 1 aliphatic rings. The van der Waals surface area contributed by atoms with Crippen molar-refractivity contribution in [3.05, 3.63) is 29.6 Å². The molecule has 5 nitrogen and oxygen atoms in total. The summed E-state index contributed by atoms with van der Waals surface area (Å²) in [5.74, 6) is 0.0608. The first kappa shape index (κ1) is 14.0. The fourth-order valence-electron chi connectivity index (χ4n) is 2.21. The van der Waals surface area contributed by atoms with Crippen LogP contribution in [0.1, 0.15) is 22.3 Å². The lowest BCUT2D eigenvalue weighted by molar-refractivity contribution is -0.0333. The molecule has 2 heterocycles. The normalized spacial score (nSPS) is 19.5. The van der Waals surface area contributed by atoms with E-state index in [1.807, 2.05) is 11.8 Å². The molecule has 19 heavy (non-hydrogen) atoms. The Morgan fingerprint density at radius 3 is 3.21 bits per heavy atom. The maximum absolute atomic E-state index is 12.5. The zero-order chi connectivity index (χ0) is 13.7. The van der Waals surface area contributed by atoms with Gasteiger partial charge in [-0.15, -0.1) is 0 Å². The molecule has 0 spiro atoms. The van der Waals surface area contributed by atoms with Crippen molar-refractivity contribution in [2.45, 2.75) is 19.4 Å². The predicted octanol–water partition coefficient (Wildman–Crippen LogP) is 1.27. The Bertz CT molecular complexity index is 436. The molecule has 1 aromatic rings. The minimum absolute atomic E-state index is 0.0608. The molecule has 0 radical (unpaired) electrons. The first-order valence-electron chi connectivity index (χ1n) is 6.53. The predicted molar refractivity (Wildman–Crippen MR) is 71.1 cm³/mol. The van der Waals surface area contributed by atoms with Crippen molar-refractivity contribution in [2.75, 3.05) is 33.4 Å². The van der Waals surface area contributed by atoms with Crippen molar-refractivity contribution < 1.29 is 14.3 Å². The summed E-state index contributed by atoms with van der Waals surface area (Å²) < 4.78 is 10.7. The quantitative estimate of drug-likeness (QED) is 0.821. The van der Waals surface area contributed by atoms with Crippen molar-refractivity contribution in [3.8, 4) is 0 Å². The second kappa shape index (κ2) is 6.63. The number of morpholine rings is 1. The summed E-state index contributed by atoms with van der Waals surface area (Å²) >= 11 is 0. The molecular formula is C14H20N2O3. The van der Waals surface area contributed by atoms with Gasteiger partial charge in [0, 0.05) is 44.8 Å². The monoisotopic (exact) mass is 264 g/mol. The van der Waals surface area contributed by atoms with Crippen molar-refractivity contribution >= 4 is 5.91 Å². The van der Waals surface area contributed by atoms with Crippen LogP contribution in [0.3, 0.4) is 0 Å². The molecule has 1 amide bonds. The molecule has 2 rings (SSSR count). The highest BCUT2D eigenvalue weighted by molar-refractivity contribution is 5.95. The number of rotatable bonds is 4. The van der Waals surface area contributed by atoms with Crippen LogP contribution in [0, 0.1) is 6.92 Å². The molecule has 0 bridgehead atoms. The first-order valence-corrected chi connectivity index (χ1v) is 6.53. The molecule has 5 heteroatoms. The van der Waals surface area contributed by atoms with Crippen LogP contribution in [0.2, 0.25) is 0 Å². The van der Waals surface area contributed by atoms with Crippen LogP contribution in [0.4, 0.5) is 0 Å². The third-order valence-electron chi connectivity index (χ3n) is 3.32. The number of aryl methyl sites for hydroxylation is 1. The molecule has 0 N–H and O–H groups in total. The van der Waals surface area contributed by atoms with Crippen LogP contribution in [0.5, 0.6) is 0 Å². The third-order valence-corrected chi connectivity index (χ3v) is 3.32. The SMILES string of the molecule is COCC[C@@H]1CN(C(=O)c2ccncc2C)CCO1.